The summed E-state index contributed by atoms with van der Waals surface area (Å²) in [5.74, 6) is 1.01. The highest BCUT2D eigenvalue weighted by atomic mass is 16.5. The molecule has 0 saturated carbocycles. The van der Waals surface area contributed by atoms with Crippen molar-refractivity contribution in [2.24, 2.45) is 0 Å². The summed E-state index contributed by atoms with van der Waals surface area (Å²) in [5.41, 5.74) is 2.69. The SMILES string of the molecule is CN1CCC(Oc2ccc3c(c2)NCCC3)C1. The van der Waals surface area contributed by atoms with E-state index in [0.717, 1.165) is 31.8 Å². The molecule has 0 aromatic heterocycles. The van der Waals surface area contributed by atoms with Crippen molar-refractivity contribution in [3.05, 3.63) is 23.8 Å². The van der Waals surface area contributed by atoms with Gasteiger partial charge in [-0.05, 0) is 37.9 Å². The van der Waals surface area contributed by atoms with Gasteiger partial charge < -0.3 is 15.0 Å². The first-order valence-electron chi connectivity index (χ1n) is 6.53. The molecular formula is C14H20N2O. The number of aryl methyl sites for hydroxylation is 1. The molecule has 0 aliphatic carbocycles. The maximum atomic E-state index is 6.03. The van der Waals surface area contributed by atoms with Crippen LogP contribution in [0.15, 0.2) is 18.2 Å². The Bertz CT molecular complexity index is 405. The molecule has 1 saturated heterocycles. The Labute approximate surface area is 103 Å². The fourth-order valence-corrected chi connectivity index (χ4v) is 2.70. The largest absolute Gasteiger partial charge is 0.489 e. The van der Waals surface area contributed by atoms with Crippen LogP contribution in [0.5, 0.6) is 5.75 Å². The number of nitrogens with one attached hydrogen (secondary N) is 1. The molecule has 0 spiro atoms. The van der Waals surface area contributed by atoms with Gasteiger partial charge in [-0.15, -0.1) is 0 Å². The van der Waals surface area contributed by atoms with E-state index >= 15 is 0 Å². The zero-order valence-corrected chi connectivity index (χ0v) is 10.4. The van der Waals surface area contributed by atoms with E-state index in [9.17, 15) is 0 Å². The number of hydrogen-bond donors (Lipinski definition) is 1. The Kier molecular flexibility index (Phi) is 2.93. The summed E-state index contributed by atoms with van der Waals surface area (Å²) in [5, 5.41) is 3.45. The van der Waals surface area contributed by atoms with Crippen molar-refractivity contribution in [1.29, 1.82) is 0 Å². The van der Waals surface area contributed by atoms with Crippen molar-refractivity contribution in [3.8, 4) is 5.75 Å². The Balaban J connectivity index is 1.71. The van der Waals surface area contributed by atoms with Crippen molar-refractivity contribution < 1.29 is 4.74 Å². The minimum Gasteiger partial charge on any atom is -0.489 e. The number of hydrogen-bond acceptors (Lipinski definition) is 3. The standard InChI is InChI=1S/C14H20N2O/c1-16-8-6-13(10-16)17-12-5-4-11-3-2-7-15-14(11)9-12/h4-5,9,13,15H,2-3,6-8,10H2,1H3. The van der Waals surface area contributed by atoms with Crippen LogP contribution in [0, 0.1) is 0 Å². The number of rotatable bonds is 2. The van der Waals surface area contributed by atoms with Gasteiger partial charge >= 0.3 is 0 Å². The lowest BCUT2D eigenvalue weighted by atomic mass is 10.0. The molecule has 2 aliphatic heterocycles. The summed E-state index contributed by atoms with van der Waals surface area (Å²) >= 11 is 0. The zero-order valence-electron chi connectivity index (χ0n) is 10.4. The van der Waals surface area contributed by atoms with Gasteiger partial charge in [0.2, 0.25) is 0 Å². The highest BCUT2D eigenvalue weighted by Gasteiger charge is 2.21. The molecule has 0 bridgehead atoms. The molecule has 3 rings (SSSR count). The normalized spacial score (nSPS) is 24.2. The number of ether oxygens (including phenoxy) is 1. The summed E-state index contributed by atoms with van der Waals surface area (Å²) in [6.45, 7) is 3.28. The molecule has 3 nitrogen and oxygen atoms in total. The number of benzene rings is 1. The topological polar surface area (TPSA) is 24.5 Å². The van der Waals surface area contributed by atoms with E-state index in [0.29, 0.717) is 6.10 Å². The molecular weight excluding hydrogens is 212 g/mol. The van der Waals surface area contributed by atoms with E-state index in [2.05, 4.69) is 35.5 Å². The van der Waals surface area contributed by atoms with Gasteiger partial charge in [-0.2, -0.15) is 0 Å². The molecule has 17 heavy (non-hydrogen) atoms. The third-order valence-electron chi connectivity index (χ3n) is 3.67. The number of anilines is 1. The highest BCUT2D eigenvalue weighted by molar-refractivity contribution is 5.56. The molecule has 3 heteroatoms. The van der Waals surface area contributed by atoms with E-state index in [4.69, 9.17) is 4.74 Å². The number of nitrogens with zero attached hydrogens (tertiary/aromatic N) is 1. The van der Waals surface area contributed by atoms with Gasteiger partial charge in [-0.1, -0.05) is 6.07 Å². The average molecular weight is 232 g/mol. The fourth-order valence-electron chi connectivity index (χ4n) is 2.70. The molecule has 1 N–H and O–H groups in total. The average Bonchev–Trinajstić information content (AvgIpc) is 2.75. The molecule has 0 radical (unpaired) electrons. The predicted octanol–water partition coefficient (Wildman–Crippen LogP) is 2.13. The van der Waals surface area contributed by atoms with Crippen LogP contribution in [-0.4, -0.2) is 37.7 Å². The molecule has 1 unspecified atom stereocenters. The third kappa shape index (κ3) is 2.39. The third-order valence-corrected chi connectivity index (χ3v) is 3.67. The van der Waals surface area contributed by atoms with Gasteiger partial charge in [0.1, 0.15) is 11.9 Å². The van der Waals surface area contributed by atoms with Crippen molar-refractivity contribution in [1.82, 2.24) is 4.90 Å². The van der Waals surface area contributed by atoms with Crippen LogP contribution >= 0.6 is 0 Å². The van der Waals surface area contributed by atoms with Gasteiger partial charge in [-0.3, -0.25) is 0 Å². The number of fused-ring (bicyclic) bond motifs is 1. The van der Waals surface area contributed by atoms with Crippen LogP contribution in [-0.2, 0) is 6.42 Å². The van der Waals surface area contributed by atoms with Gasteiger partial charge in [0.05, 0.1) is 0 Å². The minimum atomic E-state index is 0.363. The quantitative estimate of drug-likeness (QED) is 0.845. The van der Waals surface area contributed by atoms with E-state index in [1.807, 2.05) is 0 Å². The lowest BCUT2D eigenvalue weighted by Crippen LogP contribution is -2.21. The monoisotopic (exact) mass is 232 g/mol. The molecule has 92 valence electrons. The Morgan fingerprint density at radius 1 is 1.41 bits per heavy atom. The Hall–Kier alpha value is -1.22. The van der Waals surface area contributed by atoms with Crippen molar-refractivity contribution in [2.45, 2.75) is 25.4 Å². The smallest absolute Gasteiger partial charge is 0.121 e. The van der Waals surface area contributed by atoms with E-state index in [1.165, 1.54) is 24.1 Å². The Morgan fingerprint density at radius 2 is 2.35 bits per heavy atom. The van der Waals surface area contributed by atoms with E-state index in [-0.39, 0.29) is 0 Å². The van der Waals surface area contributed by atoms with Gasteiger partial charge in [-0.25, -0.2) is 0 Å². The van der Waals surface area contributed by atoms with E-state index < -0.39 is 0 Å². The summed E-state index contributed by atoms with van der Waals surface area (Å²) in [7, 11) is 2.15. The summed E-state index contributed by atoms with van der Waals surface area (Å²) in [6.07, 6.45) is 3.93. The lowest BCUT2D eigenvalue weighted by Gasteiger charge is -2.20. The van der Waals surface area contributed by atoms with Gasteiger partial charge in [0.15, 0.2) is 0 Å². The summed E-state index contributed by atoms with van der Waals surface area (Å²) in [4.78, 5) is 2.32. The summed E-state index contributed by atoms with van der Waals surface area (Å²) in [6, 6.07) is 6.48. The number of likely N-dealkylation sites (tertiary alicyclic amines) is 1. The molecule has 1 aromatic carbocycles. The van der Waals surface area contributed by atoms with Crippen LogP contribution in [0.25, 0.3) is 0 Å². The first-order chi connectivity index (χ1) is 8.31. The van der Waals surface area contributed by atoms with Crippen molar-refractivity contribution in [2.75, 3.05) is 32.0 Å². The molecule has 1 aromatic rings. The maximum Gasteiger partial charge on any atom is 0.121 e. The van der Waals surface area contributed by atoms with Crippen LogP contribution in [0.1, 0.15) is 18.4 Å². The fraction of sp³-hybridized carbons (Fsp3) is 0.571. The first kappa shape index (κ1) is 10.9. The minimum absolute atomic E-state index is 0.363. The van der Waals surface area contributed by atoms with Gasteiger partial charge in [0.25, 0.3) is 0 Å². The second-order valence-electron chi connectivity index (χ2n) is 5.14. The Morgan fingerprint density at radius 3 is 3.18 bits per heavy atom. The van der Waals surface area contributed by atoms with Crippen molar-refractivity contribution in [3.63, 3.8) is 0 Å². The second-order valence-corrected chi connectivity index (χ2v) is 5.14. The molecule has 2 heterocycles. The number of likely N-dealkylation sites (N-methyl/N-ethyl adjacent to an activating group) is 1. The molecule has 1 atom stereocenters. The lowest BCUT2D eigenvalue weighted by molar-refractivity contribution is 0.208. The second kappa shape index (κ2) is 4.57. The van der Waals surface area contributed by atoms with Crippen LogP contribution < -0.4 is 10.1 Å². The maximum absolute atomic E-state index is 6.03. The zero-order chi connectivity index (χ0) is 11.7. The molecule has 2 aliphatic rings. The highest BCUT2D eigenvalue weighted by Crippen LogP contribution is 2.28. The van der Waals surface area contributed by atoms with Crippen LogP contribution in [0.2, 0.25) is 0 Å². The van der Waals surface area contributed by atoms with E-state index in [1.54, 1.807) is 0 Å². The van der Waals surface area contributed by atoms with Crippen LogP contribution in [0.3, 0.4) is 0 Å². The summed E-state index contributed by atoms with van der Waals surface area (Å²) < 4.78 is 6.03. The molecule has 0 amide bonds. The first-order valence-corrected chi connectivity index (χ1v) is 6.53. The van der Waals surface area contributed by atoms with Gasteiger partial charge in [0, 0.05) is 31.4 Å². The molecule has 1 fully saturated rings. The van der Waals surface area contributed by atoms with Crippen LogP contribution in [0.4, 0.5) is 5.69 Å². The predicted molar refractivity (Wildman–Crippen MR) is 69.8 cm³/mol. The van der Waals surface area contributed by atoms with Crippen molar-refractivity contribution >= 4 is 5.69 Å².